The molecule has 0 aromatic carbocycles. The van der Waals surface area contributed by atoms with Gasteiger partial charge in [-0.25, -0.2) is 13.1 Å². The maximum atomic E-state index is 11.5. The Kier molecular flexibility index (Phi) is 7.95. The number of nitrogens with one attached hydrogen (secondary N) is 1. The lowest BCUT2D eigenvalue weighted by Crippen LogP contribution is -2.39. The van der Waals surface area contributed by atoms with Crippen molar-refractivity contribution in [3.8, 4) is 0 Å². The van der Waals surface area contributed by atoms with Crippen molar-refractivity contribution in [3.63, 3.8) is 0 Å². The van der Waals surface area contributed by atoms with Crippen LogP contribution in [0.3, 0.4) is 0 Å². The third kappa shape index (κ3) is 7.72. The number of methoxy groups -OCH3 is 1. The van der Waals surface area contributed by atoms with E-state index < -0.39 is 10.0 Å². The van der Waals surface area contributed by atoms with Gasteiger partial charge in [-0.1, -0.05) is 13.3 Å². The van der Waals surface area contributed by atoms with E-state index in [1.165, 1.54) is 7.11 Å². The Labute approximate surface area is 91.9 Å². The number of aliphatic hydroxyl groups is 1. The molecule has 0 aliphatic carbocycles. The van der Waals surface area contributed by atoms with Gasteiger partial charge in [0.25, 0.3) is 0 Å². The van der Waals surface area contributed by atoms with Crippen LogP contribution < -0.4 is 4.72 Å². The van der Waals surface area contributed by atoms with Crippen molar-refractivity contribution in [1.29, 1.82) is 0 Å². The summed E-state index contributed by atoms with van der Waals surface area (Å²) in [5, 5.41) is 8.75. The maximum Gasteiger partial charge on any atom is 0.211 e. The molecule has 0 saturated carbocycles. The second-order valence-corrected chi connectivity index (χ2v) is 5.33. The van der Waals surface area contributed by atoms with E-state index in [2.05, 4.69) is 4.72 Å². The molecule has 0 aromatic heterocycles. The molecule has 0 rings (SSSR count). The third-order valence-electron chi connectivity index (χ3n) is 1.96. The zero-order valence-corrected chi connectivity index (χ0v) is 10.2. The van der Waals surface area contributed by atoms with Crippen LogP contribution in [-0.4, -0.2) is 45.6 Å². The van der Waals surface area contributed by atoms with Crippen molar-refractivity contribution in [1.82, 2.24) is 4.72 Å². The molecule has 0 aromatic rings. The van der Waals surface area contributed by atoms with Gasteiger partial charge in [0.2, 0.25) is 10.0 Å². The van der Waals surface area contributed by atoms with E-state index in [0.29, 0.717) is 12.8 Å². The second-order valence-electron chi connectivity index (χ2n) is 3.45. The smallest absolute Gasteiger partial charge is 0.211 e. The zero-order chi connectivity index (χ0) is 11.7. The monoisotopic (exact) mass is 239 g/mol. The third-order valence-corrected chi connectivity index (χ3v) is 3.48. The Bertz CT molecular complexity index is 234. The van der Waals surface area contributed by atoms with Crippen LogP contribution in [-0.2, 0) is 14.8 Å². The number of sulfonamides is 1. The van der Waals surface area contributed by atoms with E-state index in [1.807, 2.05) is 6.92 Å². The molecule has 0 aliphatic rings. The van der Waals surface area contributed by atoms with E-state index in [0.717, 1.165) is 6.42 Å². The van der Waals surface area contributed by atoms with Gasteiger partial charge in [-0.3, -0.25) is 0 Å². The van der Waals surface area contributed by atoms with Crippen molar-refractivity contribution in [3.05, 3.63) is 0 Å². The highest BCUT2D eigenvalue weighted by molar-refractivity contribution is 7.89. The van der Waals surface area contributed by atoms with Crippen molar-refractivity contribution in [2.45, 2.75) is 32.2 Å². The Morgan fingerprint density at radius 3 is 2.60 bits per heavy atom. The zero-order valence-electron chi connectivity index (χ0n) is 9.40. The molecule has 2 N–H and O–H groups in total. The topological polar surface area (TPSA) is 75.6 Å². The fourth-order valence-electron chi connectivity index (χ4n) is 1.18. The maximum absolute atomic E-state index is 11.5. The Hall–Kier alpha value is -0.170. The van der Waals surface area contributed by atoms with E-state index in [9.17, 15) is 8.42 Å². The molecule has 0 spiro atoms. The molecular weight excluding hydrogens is 218 g/mol. The van der Waals surface area contributed by atoms with Gasteiger partial charge in [-0.2, -0.15) is 0 Å². The summed E-state index contributed by atoms with van der Waals surface area (Å²) < 4.78 is 30.4. The molecule has 0 saturated heterocycles. The SMILES string of the molecule is CCCCS(=O)(=O)NC(CCO)COC. The molecule has 0 amide bonds. The van der Waals surface area contributed by atoms with Gasteiger partial charge in [0.05, 0.1) is 12.4 Å². The fourth-order valence-corrected chi connectivity index (χ4v) is 2.66. The molecule has 15 heavy (non-hydrogen) atoms. The lowest BCUT2D eigenvalue weighted by molar-refractivity contribution is 0.158. The standard InChI is InChI=1S/C9H21NO4S/c1-3-4-7-15(12,13)10-9(5-6-11)8-14-2/h9-11H,3-8H2,1-2H3. The first kappa shape index (κ1) is 14.8. The average molecular weight is 239 g/mol. The number of hydrogen-bond acceptors (Lipinski definition) is 4. The molecular formula is C9H21NO4S. The van der Waals surface area contributed by atoms with Crippen LogP contribution in [0, 0.1) is 0 Å². The fraction of sp³-hybridized carbons (Fsp3) is 1.00. The minimum atomic E-state index is -3.23. The lowest BCUT2D eigenvalue weighted by atomic mass is 10.2. The highest BCUT2D eigenvalue weighted by atomic mass is 32.2. The van der Waals surface area contributed by atoms with Crippen LogP contribution in [0.1, 0.15) is 26.2 Å². The van der Waals surface area contributed by atoms with Crippen molar-refractivity contribution in [2.24, 2.45) is 0 Å². The molecule has 0 bridgehead atoms. The molecule has 0 fully saturated rings. The van der Waals surface area contributed by atoms with Gasteiger partial charge in [0, 0.05) is 19.8 Å². The molecule has 1 atom stereocenters. The van der Waals surface area contributed by atoms with E-state index in [-0.39, 0.29) is 25.0 Å². The normalized spacial score (nSPS) is 14.1. The summed E-state index contributed by atoms with van der Waals surface area (Å²) >= 11 is 0. The van der Waals surface area contributed by atoms with Crippen LogP contribution in [0.5, 0.6) is 0 Å². The molecule has 92 valence electrons. The largest absolute Gasteiger partial charge is 0.396 e. The summed E-state index contributed by atoms with van der Waals surface area (Å²) in [6.45, 7) is 2.17. The minimum absolute atomic E-state index is 0.0513. The first-order valence-electron chi connectivity index (χ1n) is 5.15. The summed E-state index contributed by atoms with van der Waals surface area (Å²) in [6, 6.07) is -0.332. The summed E-state index contributed by atoms with van der Waals surface area (Å²) in [4.78, 5) is 0. The van der Waals surface area contributed by atoms with Gasteiger partial charge >= 0.3 is 0 Å². The molecule has 0 aliphatic heterocycles. The van der Waals surface area contributed by atoms with Crippen LogP contribution in [0.15, 0.2) is 0 Å². The van der Waals surface area contributed by atoms with E-state index >= 15 is 0 Å². The molecule has 1 unspecified atom stereocenters. The van der Waals surface area contributed by atoms with Gasteiger partial charge in [0.1, 0.15) is 0 Å². The number of ether oxygens (including phenoxy) is 1. The second kappa shape index (κ2) is 8.04. The quantitative estimate of drug-likeness (QED) is 0.598. The van der Waals surface area contributed by atoms with Crippen LogP contribution in [0.2, 0.25) is 0 Å². The summed E-state index contributed by atoms with van der Waals surface area (Å²) in [7, 11) is -1.72. The van der Waals surface area contributed by atoms with Gasteiger partial charge in [-0.05, 0) is 12.8 Å². The molecule has 0 radical (unpaired) electrons. The Balaban J connectivity index is 4.12. The van der Waals surface area contributed by atoms with Crippen LogP contribution in [0.4, 0.5) is 0 Å². The summed E-state index contributed by atoms with van der Waals surface area (Å²) in [5.74, 6) is 0.134. The van der Waals surface area contributed by atoms with E-state index in [4.69, 9.17) is 9.84 Å². The lowest BCUT2D eigenvalue weighted by Gasteiger charge is -2.16. The molecule has 6 heteroatoms. The highest BCUT2D eigenvalue weighted by Gasteiger charge is 2.16. The average Bonchev–Trinajstić information content (AvgIpc) is 2.15. The predicted molar refractivity (Wildman–Crippen MR) is 59.2 cm³/mol. The summed E-state index contributed by atoms with van der Waals surface area (Å²) in [6.07, 6.45) is 1.86. The minimum Gasteiger partial charge on any atom is -0.396 e. The predicted octanol–water partition coefficient (Wildman–Crippen LogP) is 0.103. The van der Waals surface area contributed by atoms with Gasteiger partial charge in [0.15, 0.2) is 0 Å². The Morgan fingerprint density at radius 2 is 2.13 bits per heavy atom. The summed E-state index contributed by atoms with van der Waals surface area (Å²) in [5.41, 5.74) is 0. The van der Waals surface area contributed by atoms with Crippen molar-refractivity contribution >= 4 is 10.0 Å². The number of aliphatic hydroxyl groups excluding tert-OH is 1. The first-order valence-corrected chi connectivity index (χ1v) is 6.80. The van der Waals surface area contributed by atoms with Crippen molar-refractivity contribution in [2.75, 3.05) is 26.1 Å². The van der Waals surface area contributed by atoms with Gasteiger partial charge in [-0.15, -0.1) is 0 Å². The van der Waals surface area contributed by atoms with Crippen LogP contribution in [0.25, 0.3) is 0 Å². The Morgan fingerprint density at radius 1 is 1.47 bits per heavy atom. The highest BCUT2D eigenvalue weighted by Crippen LogP contribution is 1.99. The number of rotatable bonds is 9. The van der Waals surface area contributed by atoms with Crippen LogP contribution >= 0.6 is 0 Å². The number of unbranched alkanes of at least 4 members (excludes halogenated alkanes) is 1. The van der Waals surface area contributed by atoms with Gasteiger partial charge < -0.3 is 9.84 Å². The van der Waals surface area contributed by atoms with Crippen molar-refractivity contribution < 1.29 is 18.3 Å². The first-order chi connectivity index (χ1) is 7.05. The molecule has 5 nitrogen and oxygen atoms in total. The van der Waals surface area contributed by atoms with E-state index in [1.54, 1.807) is 0 Å². The molecule has 0 heterocycles. The number of hydrogen-bond donors (Lipinski definition) is 2.